The predicted molar refractivity (Wildman–Crippen MR) is 176 cm³/mol. The van der Waals surface area contributed by atoms with Crippen molar-refractivity contribution in [2.24, 2.45) is 28.1 Å². The monoisotopic (exact) mass is 726 g/mol. The highest BCUT2D eigenvalue weighted by Crippen LogP contribution is 2.82. The molecule has 1 aliphatic heterocycles. The van der Waals surface area contributed by atoms with Gasteiger partial charge in [0.05, 0.1) is 19.6 Å². The lowest BCUT2D eigenvalue weighted by molar-refractivity contribution is -0.322. The molecule has 4 fully saturated rings. The molecule has 1 saturated heterocycles. The van der Waals surface area contributed by atoms with Crippen molar-refractivity contribution in [1.29, 1.82) is 0 Å². The molecule has 6 rings (SSSR count). The van der Waals surface area contributed by atoms with Crippen molar-refractivity contribution in [3.05, 3.63) is 47.0 Å². The van der Waals surface area contributed by atoms with E-state index in [1.165, 1.54) is 39.6 Å². The third-order valence-electron chi connectivity index (χ3n) is 12.9. The molecule has 1 aromatic rings. The maximum Gasteiger partial charge on any atom is 0.339 e. The molecule has 0 amide bonds. The van der Waals surface area contributed by atoms with E-state index in [9.17, 15) is 33.9 Å². The van der Waals surface area contributed by atoms with E-state index in [1.807, 2.05) is 13.8 Å². The molecule has 14 heteroatoms. The van der Waals surface area contributed by atoms with Crippen LogP contribution in [0.25, 0.3) is 0 Å². The van der Waals surface area contributed by atoms with Crippen LogP contribution in [0.4, 0.5) is 0 Å². The second kappa shape index (κ2) is 12.3. The van der Waals surface area contributed by atoms with Gasteiger partial charge in [-0.05, 0) is 55.7 Å². The van der Waals surface area contributed by atoms with E-state index in [2.05, 4.69) is 0 Å². The van der Waals surface area contributed by atoms with E-state index in [1.54, 1.807) is 19.9 Å². The summed E-state index contributed by atoms with van der Waals surface area (Å²) >= 11 is 0. The average molecular weight is 727 g/mol. The van der Waals surface area contributed by atoms with Crippen molar-refractivity contribution in [2.45, 2.75) is 117 Å². The minimum absolute atomic E-state index is 0.0752. The zero-order valence-corrected chi connectivity index (χ0v) is 30.9. The molecule has 4 aliphatic carbocycles. The Morgan fingerprint density at radius 2 is 1.67 bits per heavy atom. The molecule has 282 valence electrons. The van der Waals surface area contributed by atoms with Crippen LogP contribution in [0.15, 0.2) is 45.8 Å². The van der Waals surface area contributed by atoms with Gasteiger partial charge in [0.25, 0.3) is 0 Å². The molecule has 1 N–H and O–H groups in total. The quantitative estimate of drug-likeness (QED) is 0.175. The minimum atomic E-state index is -2.28. The number of ether oxygens (including phenoxy) is 6. The standard InChI is InChI=1S/C38H46O14/c1-10-18(2)31(44)50-33-35(7)17-37(51-20(4)40)36(8,24(35)15-25(42)46-9)23-11-13-34(6)27(28(43)32(45)49-29(34)22-12-14-47-16-22)26(23)30(48-19(3)39)38(33,37)52-21(5)41/h10,12,14,16,23-24,28-30,33,43H,11,13,15,17H2,1-9H3/b18-10+/t23-,24-,28+,29-,30-,33-,34+,35+,36+,37+,38+/m0/s1. The number of furan rings is 1. The lowest BCUT2D eigenvalue weighted by atomic mass is 9.40. The molecule has 3 saturated carbocycles. The molecule has 2 heterocycles. The zero-order chi connectivity index (χ0) is 38.3. The molecule has 52 heavy (non-hydrogen) atoms. The predicted octanol–water partition coefficient (Wildman–Crippen LogP) is 3.99. The molecule has 1 aromatic heterocycles. The average Bonchev–Trinajstić information content (AvgIpc) is 3.72. The van der Waals surface area contributed by atoms with Crippen LogP contribution in [0.1, 0.15) is 92.7 Å². The number of aliphatic hydroxyl groups excluding tert-OH is 1. The number of fused-ring (bicyclic) bond motifs is 4. The minimum Gasteiger partial charge on any atom is -0.472 e. The van der Waals surface area contributed by atoms with Gasteiger partial charge in [0.1, 0.15) is 6.10 Å². The van der Waals surface area contributed by atoms with Crippen molar-refractivity contribution < 1.29 is 66.7 Å². The van der Waals surface area contributed by atoms with Gasteiger partial charge < -0.3 is 37.9 Å². The highest BCUT2D eigenvalue weighted by atomic mass is 16.7. The summed E-state index contributed by atoms with van der Waals surface area (Å²) in [5, 5.41) is 11.9. The van der Waals surface area contributed by atoms with Crippen LogP contribution in [0.2, 0.25) is 0 Å². The van der Waals surface area contributed by atoms with E-state index in [0.29, 0.717) is 18.4 Å². The van der Waals surface area contributed by atoms with Gasteiger partial charge in [-0.3, -0.25) is 19.2 Å². The molecule has 0 spiro atoms. The SMILES string of the molecule is C/C=C(\C)C(=O)O[C@H]1[C@]2(C)C[C@@]3(OC(C)=O)[C@](C)([C@H]4CC[C@]5(C)C(=C4[C@H](OC(C)=O)[C@@]13OC(C)=O)[C@@H](O)C(=O)O[C@H]5c1ccoc1)[C@H]2CC(=O)OC. The zero-order valence-electron chi connectivity index (χ0n) is 30.9. The van der Waals surface area contributed by atoms with E-state index in [0.717, 1.165) is 13.8 Å². The second-order valence-electron chi connectivity index (χ2n) is 15.5. The van der Waals surface area contributed by atoms with Gasteiger partial charge >= 0.3 is 35.8 Å². The number of carbonyl (C=O) groups excluding carboxylic acids is 6. The highest BCUT2D eigenvalue weighted by Gasteiger charge is 2.94. The van der Waals surface area contributed by atoms with Crippen molar-refractivity contribution in [2.75, 3.05) is 7.11 Å². The molecule has 0 aromatic carbocycles. The van der Waals surface area contributed by atoms with Crippen LogP contribution >= 0.6 is 0 Å². The summed E-state index contributed by atoms with van der Waals surface area (Å²) in [4.78, 5) is 81.1. The number of allylic oxidation sites excluding steroid dienone is 1. The van der Waals surface area contributed by atoms with Gasteiger partial charge in [-0.2, -0.15) is 0 Å². The molecule has 0 unspecified atom stereocenters. The molecule has 14 nitrogen and oxygen atoms in total. The summed E-state index contributed by atoms with van der Waals surface area (Å²) in [6, 6.07) is 1.65. The lowest BCUT2D eigenvalue weighted by Gasteiger charge is -2.69. The topological polar surface area (TPSA) is 191 Å². The smallest absolute Gasteiger partial charge is 0.339 e. The number of hydrogen-bond donors (Lipinski definition) is 1. The van der Waals surface area contributed by atoms with Crippen LogP contribution in [0, 0.1) is 28.1 Å². The maximum absolute atomic E-state index is 13.8. The Labute approximate surface area is 301 Å². The number of hydrogen-bond acceptors (Lipinski definition) is 14. The van der Waals surface area contributed by atoms with Gasteiger partial charge in [0.15, 0.2) is 23.9 Å². The summed E-state index contributed by atoms with van der Waals surface area (Å²) in [5.41, 5.74) is -6.76. The molecular weight excluding hydrogens is 680 g/mol. The first kappa shape index (κ1) is 37.3. The fraction of sp³-hybridized carbons (Fsp3) is 0.632. The maximum atomic E-state index is 13.8. The third-order valence-corrected chi connectivity index (χ3v) is 12.9. The van der Waals surface area contributed by atoms with Gasteiger partial charge in [0.2, 0.25) is 5.60 Å². The van der Waals surface area contributed by atoms with Crippen LogP contribution in [-0.4, -0.2) is 77.5 Å². The van der Waals surface area contributed by atoms with Crippen molar-refractivity contribution in [3.63, 3.8) is 0 Å². The fourth-order valence-electron chi connectivity index (χ4n) is 11.1. The Morgan fingerprint density at radius 1 is 1.00 bits per heavy atom. The summed E-state index contributed by atoms with van der Waals surface area (Å²) < 4.78 is 41.9. The molecule has 0 radical (unpaired) electrons. The first-order valence-corrected chi connectivity index (χ1v) is 17.4. The Bertz CT molecular complexity index is 1790. The van der Waals surface area contributed by atoms with Crippen molar-refractivity contribution in [3.8, 4) is 0 Å². The third kappa shape index (κ3) is 4.71. The summed E-state index contributed by atoms with van der Waals surface area (Å²) in [7, 11) is 1.25. The first-order chi connectivity index (χ1) is 24.3. The fourth-order valence-corrected chi connectivity index (χ4v) is 11.1. The summed E-state index contributed by atoms with van der Waals surface area (Å²) in [6.45, 7) is 12.1. The Kier molecular flexibility index (Phi) is 8.83. The number of esters is 6. The number of carbonyl (C=O) groups is 6. The Hall–Kier alpha value is -4.46. The second-order valence-corrected chi connectivity index (χ2v) is 15.5. The van der Waals surface area contributed by atoms with Crippen LogP contribution in [-0.2, 0) is 57.2 Å². The van der Waals surface area contributed by atoms with Gasteiger partial charge in [-0.1, -0.05) is 26.8 Å². The largest absolute Gasteiger partial charge is 0.472 e. The number of cyclic esters (lactones) is 1. The summed E-state index contributed by atoms with van der Waals surface area (Å²) in [5.74, 6) is -6.36. The van der Waals surface area contributed by atoms with Crippen molar-refractivity contribution in [1.82, 2.24) is 0 Å². The molecular formula is C38H46O14. The van der Waals surface area contributed by atoms with E-state index >= 15 is 0 Å². The first-order valence-electron chi connectivity index (χ1n) is 17.4. The van der Waals surface area contributed by atoms with Gasteiger partial charge in [-0.15, -0.1) is 0 Å². The highest BCUT2D eigenvalue weighted by molar-refractivity contribution is 5.88. The van der Waals surface area contributed by atoms with Crippen molar-refractivity contribution >= 4 is 35.8 Å². The lowest BCUT2D eigenvalue weighted by Crippen LogP contribution is -2.82. The summed E-state index contributed by atoms with van der Waals surface area (Å²) in [6.07, 6.45) is -1.25. The number of methoxy groups -OCH3 is 1. The number of rotatable bonds is 8. The van der Waals surface area contributed by atoms with Crippen LogP contribution in [0.3, 0.4) is 0 Å². The Balaban J connectivity index is 1.79. The van der Waals surface area contributed by atoms with E-state index < -0.39 is 99.5 Å². The molecule has 11 atom stereocenters. The number of aliphatic hydroxyl groups is 1. The van der Waals surface area contributed by atoms with Gasteiger partial charge in [-0.25, -0.2) is 9.59 Å². The van der Waals surface area contributed by atoms with E-state index in [-0.39, 0.29) is 29.6 Å². The van der Waals surface area contributed by atoms with Crippen LogP contribution in [0.5, 0.6) is 0 Å². The van der Waals surface area contributed by atoms with Gasteiger partial charge in [0, 0.05) is 61.0 Å². The Morgan fingerprint density at radius 3 is 2.23 bits per heavy atom. The normalized spacial score (nSPS) is 40.2. The van der Waals surface area contributed by atoms with E-state index in [4.69, 9.17) is 32.8 Å². The molecule has 5 aliphatic rings. The van der Waals surface area contributed by atoms with Crippen LogP contribution < -0.4 is 0 Å². The molecule has 2 bridgehead atoms.